The third-order valence-corrected chi connectivity index (χ3v) is 4.30. The summed E-state index contributed by atoms with van der Waals surface area (Å²) in [4.78, 5) is 4.75. The first-order chi connectivity index (χ1) is 13.8. The zero-order valence-electron chi connectivity index (χ0n) is 17.4. The molecule has 2 aromatic rings. The van der Waals surface area contributed by atoms with Gasteiger partial charge in [0.15, 0.2) is 5.82 Å². The molecule has 0 saturated carbocycles. The van der Waals surface area contributed by atoms with Crippen LogP contribution in [-0.2, 0) is 4.74 Å². The van der Waals surface area contributed by atoms with Crippen LogP contribution in [0.25, 0.3) is 5.52 Å². The molecule has 2 aromatic heterocycles. The molecule has 0 radical (unpaired) electrons. The molecule has 0 aromatic carbocycles. The van der Waals surface area contributed by atoms with Crippen LogP contribution < -0.4 is 23.5 Å². The Balaban J connectivity index is 0.00000320. The summed E-state index contributed by atoms with van der Waals surface area (Å²) in [6.45, 7) is 1.62. The smallest absolute Gasteiger partial charge is 0.175 e. The number of aliphatic hydroxyl groups excluding tert-OH is 1. The maximum Gasteiger partial charge on any atom is 0.175 e. The van der Waals surface area contributed by atoms with Gasteiger partial charge < -0.3 is 37.8 Å². The molecule has 9 nitrogen and oxygen atoms in total. The molecule has 3 rings (SSSR count). The largest absolute Gasteiger partial charge is 1.00 e. The van der Waals surface area contributed by atoms with E-state index in [1.165, 1.54) is 6.08 Å². The minimum atomic E-state index is -0.134. The summed E-state index contributed by atoms with van der Waals surface area (Å²) in [5.41, 5.74) is 8.64. The van der Waals surface area contributed by atoms with Crippen molar-refractivity contribution in [2.45, 2.75) is 0 Å². The standard InChI is InChI=1S/C20H28N7O2.ClH/c1-27(2,3)9-7-23-20-19(17-6-4-5-8-26(17)25-20)24-16-13-18(29-11-10-28)15(22)12-14(16)21;/h4-6,8,12-13,22,28H,7,9-11,21H2,1-3H3,(H,23,25);1H/q+1;/p-1. The quantitative estimate of drug-likeness (QED) is 0.292. The van der Waals surface area contributed by atoms with E-state index in [-0.39, 0.29) is 31.3 Å². The molecular weight excluding hydrogens is 406 g/mol. The molecule has 1 aliphatic rings. The van der Waals surface area contributed by atoms with E-state index in [0.717, 1.165) is 23.1 Å². The number of hydrogen-bond acceptors (Lipinski definition) is 7. The number of aromatic nitrogens is 2. The Kier molecular flexibility index (Phi) is 7.60. The number of nitrogens with one attached hydrogen (secondary N) is 2. The highest BCUT2D eigenvalue weighted by molar-refractivity contribution is 6.22. The van der Waals surface area contributed by atoms with E-state index >= 15 is 0 Å². The molecule has 10 heteroatoms. The predicted molar refractivity (Wildman–Crippen MR) is 115 cm³/mol. The Labute approximate surface area is 182 Å². The number of allylic oxidation sites excluding steroid dienone is 2. The van der Waals surface area contributed by atoms with E-state index in [0.29, 0.717) is 28.7 Å². The van der Waals surface area contributed by atoms with Crippen LogP contribution in [0.1, 0.15) is 0 Å². The number of nitrogens with two attached hydrogens (primary N) is 1. The fourth-order valence-corrected chi connectivity index (χ4v) is 2.80. The average Bonchev–Trinajstić information content (AvgIpc) is 2.99. The summed E-state index contributed by atoms with van der Waals surface area (Å²) in [7, 11) is 6.40. The van der Waals surface area contributed by atoms with Crippen LogP contribution in [0, 0.1) is 5.41 Å². The van der Waals surface area contributed by atoms with E-state index in [2.05, 4.69) is 31.6 Å². The Morgan fingerprint density at radius 1 is 1.30 bits per heavy atom. The van der Waals surface area contributed by atoms with E-state index < -0.39 is 0 Å². The summed E-state index contributed by atoms with van der Waals surface area (Å²) in [5, 5.41) is 25.0. The highest BCUT2D eigenvalue weighted by Gasteiger charge is 2.19. The first-order valence-electron chi connectivity index (χ1n) is 9.41. The summed E-state index contributed by atoms with van der Waals surface area (Å²) in [6, 6.07) is 5.77. The van der Waals surface area contributed by atoms with Gasteiger partial charge in [-0.05, 0) is 18.2 Å². The lowest BCUT2D eigenvalue weighted by atomic mass is 10.1. The lowest BCUT2D eigenvalue weighted by Gasteiger charge is -2.23. The van der Waals surface area contributed by atoms with Crippen LogP contribution in [-0.4, -0.2) is 78.1 Å². The van der Waals surface area contributed by atoms with Gasteiger partial charge in [-0.2, -0.15) is 0 Å². The third kappa shape index (κ3) is 5.59. The number of aliphatic imine (C=N–C) groups is 1. The molecule has 5 N–H and O–H groups in total. The van der Waals surface area contributed by atoms with Crippen molar-refractivity contribution in [3.05, 3.63) is 48.0 Å². The van der Waals surface area contributed by atoms with E-state index in [1.54, 1.807) is 10.6 Å². The number of nitrogens with zero attached hydrogens (tertiary/aromatic N) is 4. The van der Waals surface area contributed by atoms with Gasteiger partial charge in [-0.15, -0.1) is 5.10 Å². The van der Waals surface area contributed by atoms with Crippen molar-refractivity contribution < 1.29 is 26.7 Å². The van der Waals surface area contributed by atoms with Gasteiger partial charge in [0.1, 0.15) is 18.1 Å². The van der Waals surface area contributed by atoms with Crippen molar-refractivity contribution in [1.29, 1.82) is 5.41 Å². The Morgan fingerprint density at radius 2 is 2.07 bits per heavy atom. The molecule has 0 unspecified atom stereocenters. The van der Waals surface area contributed by atoms with Gasteiger partial charge in [-0.3, -0.25) is 5.41 Å². The summed E-state index contributed by atoms with van der Waals surface area (Å²) in [5.74, 6) is 0.986. The number of rotatable bonds is 8. The second-order valence-electron chi connectivity index (χ2n) is 7.76. The van der Waals surface area contributed by atoms with Crippen LogP contribution in [0.2, 0.25) is 0 Å². The zero-order chi connectivity index (χ0) is 21.0. The van der Waals surface area contributed by atoms with Gasteiger partial charge in [-0.25, -0.2) is 9.51 Å². The number of fused-ring (bicyclic) bond motifs is 1. The second-order valence-corrected chi connectivity index (χ2v) is 7.76. The van der Waals surface area contributed by atoms with Crippen LogP contribution in [0.4, 0.5) is 11.5 Å². The van der Waals surface area contributed by atoms with Gasteiger partial charge in [0, 0.05) is 12.3 Å². The molecule has 2 heterocycles. The number of pyridine rings is 1. The van der Waals surface area contributed by atoms with Crippen LogP contribution in [0.5, 0.6) is 0 Å². The zero-order valence-corrected chi connectivity index (χ0v) is 18.1. The Bertz CT molecular complexity index is 1000. The molecule has 0 saturated heterocycles. The van der Waals surface area contributed by atoms with Gasteiger partial charge in [-0.1, -0.05) is 6.07 Å². The van der Waals surface area contributed by atoms with E-state index in [9.17, 15) is 0 Å². The lowest BCUT2D eigenvalue weighted by Crippen LogP contribution is -3.00. The topological polar surface area (TPSA) is 121 Å². The highest BCUT2D eigenvalue weighted by Crippen LogP contribution is 2.31. The maximum absolute atomic E-state index is 8.99. The first-order valence-corrected chi connectivity index (χ1v) is 9.41. The Hall–Kier alpha value is -2.88. The number of hydrogen-bond donors (Lipinski definition) is 4. The van der Waals surface area contributed by atoms with Crippen molar-refractivity contribution in [3.8, 4) is 0 Å². The molecule has 0 bridgehead atoms. The van der Waals surface area contributed by atoms with Gasteiger partial charge >= 0.3 is 0 Å². The minimum absolute atomic E-state index is 0. The number of quaternary nitrogens is 1. The van der Waals surface area contributed by atoms with Gasteiger partial charge in [0.05, 0.1) is 63.5 Å². The average molecular weight is 434 g/mol. The number of likely N-dealkylation sites (N-methyl/N-ethyl adjacent to an activating group) is 1. The number of anilines is 1. The molecule has 0 atom stereocenters. The maximum atomic E-state index is 8.99. The van der Waals surface area contributed by atoms with Crippen molar-refractivity contribution >= 4 is 28.4 Å². The SMILES string of the molecule is C[N+](C)(C)CCNc1nn2ccccc2c1N=C1C=C(OCCO)C(=N)C=C1N.[Cl-]. The molecule has 1 aliphatic carbocycles. The van der Waals surface area contributed by atoms with Crippen molar-refractivity contribution in [1.82, 2.24) is 9.61 Å². The molecule has 0 aliphatic heterocycles. The minimum Gasteiger partial charge on any atom is -1.00 e. The summed E-state index contributed by atoms with van der Waals surface area (Å²) >= 11 is 0. The molecule has 0 spiro atoms. The van der Waals surface area contributed by atoms with Crippen LogP contribution in [0.15, 0.2) is 53.0 Å². The molecule has 30 heavy (non-hydrogen) atoms. The summed E-state index contributed by atoms with van der Waals surface area (Å²) < 4.78 is 8.03. The number of halogens is 1. The highest BCUT2D eigenvalue weighted by atomic mass is 35.5. The van der Waals surface area contributed by atoms with Crippen LogP contribution in [0.3, 0.4) is 0 Å². The summed E-state index contributed by atoms with van der Waals surface area (Å²) in [6.07, 6.45) is 4.99. The Morgan fingerprint density at radius 3 is 2.77 bits per heavy atom. The monoisotopic (exact) mass is 433 g/mol. The normalized spacial score (nSPS) is 15.6. The van der Waals surface area contributed by atoms with E-state index in [4.69, 9.17) is 26.0 Å². The molecule has 162 valence electrons. The predicted octanol–water partition coefficient (Wildman–Crippen LogP) is -1.70. The number of aliphatic hydroxyl groups is 1. The fourth-order valence-electron chi connectivity index (χ4n) is 2.80. The second kappa shape index (κ2) is 9.75. The van der Waals surface area contributed by atoms with Gasteiger partial charge in [0.25, 0.3) is 0 Å². The van der Waals surface area contributed by atoms with Crippen molar-refractivity contribution in [2.75, 3.05) is 52.8 Å². The van der Waals surface area contributed by atoms with Crippen molar-refractivity contribution in [3.63, 3.8) is 0 Å². The third-order valence-electron chi connectivity index (χ3n) is 4.30. The lowest BCUT2D eigenvalue weighted by molar-refractivity contribution is -0.868. The fraction of sp³-hybridized carbons (Fsp3) is 0.350. The first kappa shape index (κ1) is 23.4. The van der Waals surface area contributed by atoms with Gasteiger partial charge in [0.2, 0.25) is 0 Å². The van der Waals surface area contributed by atoms with Crippen LogP contribution >= 0.6 is 0 Å². The van der Waals surface area contributed by atoms with Crippen molar-refractivity contribution in [2.24, 2.45) is 10.7 Å². The van der Waals surface area contributed by atoms with E-state index in [1.807, 2.05) is 24.4 Å². The molecular formula is C20H28ClN7O2. The number of ether oxygens (including phenoxy) is 1. The molecule has 0 amide bonds. The molecule has 0 fully saturated rings.